The first kappa shape index (κ1) is 31.2. The number of fused-ring (bicyclic) bond motifs is 1. The highest BCUT2D eigenvalue weighted by atomic mass is 16.5. The van der Waals surface area contributed by atoms with Crippen LogP contribution in [-0.4, -0.2) is 74.3 Å². The van der Waals surface area contributed by atoms with E-state index >= 15 is 0 Å². The fourth-order valence-corrected chi connectivity index (χ4v) is 4.64. The number of hydrogen-bond donors (Lipinski definition) is 4. The zero-order valence-corrected chi connectivity index (χ0v) is 23.5. The van der Waals surface area contributed by atoms with Gasteiger partial charge in [-0.15, -0.1) is 0 Å². The summed E-state index contributed by atoms with van der Waals surface area (Å²) in [7, 11) is 5.52. The van der Waals surface area contributed by atoms with Gasteiger partial charge in [0.25, 0.3) is 5.91 Å². The second-order valence-corrected chi connectivity index (χ2v) is 10.7. The van der Waals surface area contributed by atoms with E-state index in [2.05, 4.69) is 15.5 Å². The number of carbonyl (C=O) groups is 3. The van der Waals surface area contributed by atoms with Crippen LogP contribution in [0.5, 0.6) is 0 Å². The molecule has 0 aliphatic heterocycles. The Kier molecular flexibility index (Phi) is 12.2. The van der Waals surface area contributed by atoms with E-state index in [9.17, 15) is 19.6 Å². The molecular weight excluding hydrogens is 484 g/mol. The second kappa shape index (κ2) is 14.8. The van der Waals surface area contributed by atoms with Crippen LogP contribution >= 0.6 is 0 Å². The molecule has 0 saturated carbocycles. The van der Waals surface area contributed by atoms with Gasteiger partial charge in [0.1, 0.15) is 12.1 Å². The summed E-state index contributed by atoms with van der Waals surface area (Å²) >= 11 is 0. The number of likely N-dealkylation sites (N-methyl/N-ethyl adjacent to an activating group) is 1. The summed E-state index contributed by atoms with van der Waals surface area (Å²) in [4.78, 5) is 41.6. The van der Waals surface area contributed by atoms with Gasteiger partial charge >= 0.3 is 0 Å². The molecule has 0 aliphatic rings. The Morgan fingerprint density at radius 2 is 1.71 bits per heavy atom. The first-order valence-electron chi connectivity index (χ1n) is 13.2. The first-order valence-corrected chi connectivity index (χ1v) is 13.2. The van der Waals surface area contributed by atoms with Gasteiger partial charge in [-0.1, -0.05) is 63.2 Å². The van der Waals surface area contributed by atoms with E-state index in [0.717, 1.165) is 29.3 Å². The largest absolute Gasteiger partial charge is 0.367 e. The number of carbonyl (C=O) groups excluding carboxylic acids is 3. The van der Waals surface area contributed by atoms with Crippen LogP contribution in [0.15, 0.2) is 42.5 Å². The lowest BCUT2D eigenvalue weighted by molar-refractivity contribution is -0.151. The van der Waals surface area contributed by atoms with E-state index in [1.54, 1.807) is 5.48 Å². The molecule has 9 nitrogen and oxygen atoms in total. The molecule has 38 heavy (non-hydrogen) atoms. The summed E-state index contributed by atoms with van der Waals surface area (Å²) < 4.78 is 5.79. The van der Waals surface area contributed by atoms with Crippen molar-refractivity contribution < 1.29 is 24.3 Å². The van der Waals surface area contributed by atoms with Crippen molar-refractivity contribution in [1.29, 1.82) is 0 Å². The maximum atomic E-state index is 13.9. The predicted octanol–water partition coefficient (Wildman–Crippen LogP) is 2.90. The Morgan fingerprint density at radius 1 is 1.03 bits per heavy atom. The lowest BCUT2D eigenvalue weighted by Gasteiger charge is -2.35. The number of nitrogens with zero attached hydrogens (tertiary/aromatic N) is 1. The van der Waals surface area contributed by atoms with Gasteiger partial charge in [0, 0.05) is 13.7 Å². The van der Waals surface area contributed by atoms with Gasteiger partial charge in [0.05, 0.1) is 5.92 Å². The molecule has 0 bridgehead atoms. The summed E-state index contributed by atoms with van der Waals surface area (Å²) in [5.41, 5.74) is 1.93. The Labute approximate surface area is 226 Å². The zero-order valence-electron chi connectivity index (χ0n) is 23.5. The van der Waals surface area contributed by atoms with Crippen molar-refractivity contribution in [3.63, 3.8) is 0 Å². The van der Waals surface area contributed by atoms with Crippen molar-refractivity contribution in [3.05, 3.63) is 48.0 Å². The highest BCUT2D eigenvalue weighted by molar-refractivity contribution is 5.93. The summed E-state index contributed by atoms with van der Waals surface area (Å²) in [5.74, 6) is -2.59. The number of hydrogen-bond acceptors (Lipinski definition) is 6. The molecule has 0 fully saturated rings. The Bertz CT molecular complexity index is 1070. The van der Waals surface area contributed by atoms with Crippen molar-refractivity contribution in [2.24, 2.45) is 11.3 Å². The van der Waals surface area contributed by atoms with Crippen LogP contribution in [-0.2, 0) is 25.5 Å². The van der Waals surface area contributed by atoms with E-state index in [4.69, 9.17) is 4.74 Å². The quantitative estimate of drug-likeness (QED) is 0.208. The number of rotatable bonds is 15. The van der Waals surface area contributed by atoms with Crippen LogP contribution in [0.2, 0.25) is 0 Å². The lowest BCUT2D eigenvalue weighted by Crippen LogP contribution is -2.57. The summed E-state index contributed by atoms with van der Waals surface area (Å²) in [6, 6.07) is 12.9. The van der Waals surface area contributed by atoms with Gasteiger partial charge in [0.2, 0.25) is 11.8 Å². The van der Waals surface area contributed by atoms with Crippen molar-refractivity contribution in [3.8, 4) is 0 Å². The van der Waals surface area contributed by atoms with Crippen LogP contribution in [0.25, 0.3) is 10.8 Å². The number of ether oxygens (including phenoxy) is 1. The number of nitrogens with one attached hydrogen (secondary N) is 3. The van der Waals surface area contributed by atoms with E-state index in [1.165, 1.54) is 7.05 Å². The molecule has 0 radical (unpaired) electrons. The molecule has 210 valence electrons. The molecule has 2 aromatic rings. The van der Waals surface area contributed by atoms with Crippen molar-refractivity contribution >= 4 is 28.5 Å². The Balaban J connectivity index is 2.41. The van der Waals surface area contributed by atoms with Crippen LogP contribution < -0.4 is 16.1 Å². The predicted molar refractivity (Wildman–Crippen MR) is 149 cm³/mol. The van der Waals surface area contributed by atoms with Crippen molar-refractivity contribution in [1.82, 2.24) is 21.0 Å². The highest BCUT2D eigenvalue weighted by Crippen LogP contribution is 2.29. The molecule has 0 aromatic heterocycles. The molecular formula is C29H44N4O5. The van der Waals surface area contributed by atoms with Gasteiger partial charge in [-0.2, -0.15) is 0 Å². The van der Waals surface area contributed by atoms with Crippen LogP contribution in [0, 0.1) is 11.3 Å². The molecule has 0 spiro atoms. The summed E-state index contributed by atoms with van der Waals surface area (Å²) in [6.07, 6.45) is 1.11. The molecule has 2 aromatic carbocycles. The second-order valence-electron chi connectivity index (χ2n) is 10.7. The summed E-state index contributed by atoms with van der Waals surface area (Å²) in [6.45, 7) is 6.88. The van der Waals surface area contributed by atoms with Crippen molar-refractivity contribution in [2.75, 3.05) is 34.3 Å². The molecule has 2 rings (SSSR count). The third-order valence-electron chi connectivity index (χ3n) is 6.84. The van der Waals surface area contributed by atoms with Crippen LogP contribution in [0.1, 0.15) is 45.6 Å². The first-order chi connectivity index (χ1) is 18.0. The Morgan fingerprint density at radius 3 is 2.32 bits per heavy atom. The van der Waals surface area contributed by atoms with Crippen LogP contribution in [0.3, 0.4) is 0 Å². The third-order valence-corrected chi connectivity index (χ3v) is 6.84. The SMILES string of the molecule is CCCO[C@H](C(=O)NO)[C@@H](Cc1ccc2ccccc2c1)C(=O)N[C@H](C(=O)NC)C(C)(C)CCCN(C)C. The van der Waals surface area contributed by atoms with Crippen molar-refractivity contribution in [2.45, 2.75) is 58.6 Å². The fourth-order valence-electron chi connectivity index (χ4n) is 4.64. The van der Waals surface area contributed by atoms with Gasteiger partial charge in [-0.05, 0) is 68.1 Å². The van der Waals surface area contributed by atoms with Gasteiger partial charge < -0.3 is 20.3 Å². The molecule has 0 unspecified atom stereocenters. The highest BCUT2D eigenvalue weighted by Gasteiger charge is 2.40. The molecule has 9 heteroatoms. The summed E-state index contributed by atoms with van der Waals surface area (Å²) in [5, 5.41) is 17.1. The smallest absolute Gasteiger partial charge is 0.273 e. The number of hydroxylamine groups is 1. The van der Waals surface area contributed by atoms with E-state index in [1.807, 2.05) is 77.3 Å². The topological polar surface area (TPSA) is 120 Å². The van der Waals surface area contributed by atoms with Gasteiger partial charge in [-0.25, -0.2) is 5.48 Å². The minimum absolute atomic E-state index is 0.181. The maximum Gasteiger partial charge on any atom is 0.273 e. The molecule has 0 saturated heterocycles. The van der Waals surface area contributed by atoms with Gasteiger partial charge in [-0.3, -0.25) is 19.6 Å². The normalized spacial score (nSPS) is 14.1. The molecule has 3 atom stereocenters. The minimum atomic E-state index is -1.24. The Hall–Kier alpha value is -3.01. The average Bonchev–Trinajstić information content (AvgIpc) is 2.89. The fraction of sp³-hybridized carbons (Fsp3) is 0.552. The number of benzene rings is 2. The number of amides is 3. The lowest BCUT2D eigenvalue weighted by atomic mass is 9.79. The van der Waals surface area contributed by atoms with E-state index < -0.39 is 35.3 Å². The molecule has 0 heterocycles. The van der Waals surface area contributed by atoms with E-state index in [0.29, 0.717) is 12.8 Å². The average molecular weight is 529 g/mol. The standard InChI is InChI=1S/C29H44N4O5/c1-7-17-38-24(27(35)32-37)23(19-20-13-14-21-11-8-9-12-22(21)18-20)26(34)31-25(28(36)30-4)29(2,3)15-10-16-33(5)6/h8-9,11-14,18,23-25,37H,7,10,15-17,19H2,1-6H3,(H,30,36)(H,31,34)(H,32,35)/t23-,24+,25-/m1/s1. The molecule has 4 N–H and O–H groups in total. The minimum Gasteiger partial charge on any atom is -0.367 e. The molecule has 3 amide bonds. The zero-order chi connectivity index (χ0) is 28.3. The van der Waals surface area contributed by atoms with Crippen LogP contribution in [0.4, 0.5) is 0 Å². The van der Waals surface area contributed by atoms with E-state index in [-0.39, 0.29) is 18.9 Å². The van der Waals surface area contributed by atoms with Gasteiger partial charge in [0.15, 0.2) is 0 Å². The third kappa shape index (κ3) is 8.79. The monoisotopic (exact) mass is 528 g/mol. The maximum absolute atomic E-state index is 13.9. The molecule has 0 aliphatic carbocycles.